The van der Waals surface area contributed by atoms with Crippen LogP contribution in [-0.4, -0.2) is 53.6 Å². The topological polar surface area (TPSA) is 116 Å². The maximum atomic E-state index is 14.2. The van der Waals surface area contributed by atoms with Crippen LogP contribution in [0, 0.1) is 5.92 Å². The molecule has 0 saturated heterocycles. The lowest BCUT2D eigenvalue weighted by Gasteiger charge is -2.31. The summed E-state index contributed by atoms with van der Waals surface area (Å²) in [6.45, 7) is -0.290. The molecule has 0 radical (unpaired) electrons. The number of imide groups is 1. The van der Waals surface area contributed by atoms with Crippen molar-refractivity contribution in [2.45, 2.75) is 31.8 Å². The van der Waals surface area contributed by atoms with Gasteiger partial charge >= 0.3 is 0 Å². The van der Waals surface area contributed by atoms with Crippen molar-refractivity contribution in [3.63, 3.8) is 0 Å². The van der Waals surface area contributed by atoms with E-state index in [0.717, 1.165) is 16.9 Å². The Hall–Kier alpha value is -5.77. The first-order valence-electron chi connectivity index (χ1n) is 15.6. The maximum absolute atomic E-state index is 14.2. The number of para-hydroxylation sites is 3. The van der Waals surface area contributed by atoms with Crippen LogP contribution < -0.4 is 19.9 Å². The van der Waals surface area contributed by atoms with Crippen molar-refractivity contribution in [2.24, 2.45) is 5.92 Å². The zero-order valence-electron chi connectivity index (χ0n) is 25.5. The van der Waals surface area contributed by atoms with E-state index in [1.54, 1.807) is 58.3 Å². The number of ether oxygens (including phenoxy) is 1. The molecule has 0 aromatic heterocycles. The van der Waals surface area contributed by atoms with Gasteiger partial charge in [-0.25, -0.2) is 0 Å². The Balaban J connectivity index is 1.10. The molecule has 10 nitrogen and oxygen atoms in total. The Kier molecular flexibility index (Phi) is 7.99. The molecule has 7 rings (SSSR count). The average molecular weight is 629 g/mol. The standard InChI is InChI=1S/C37H32N4O6/c42-33(23-47-26-9-2-1-3-10-26)38-25-19-17-24(18-20-25)21-39-31-14-6-7-15-32(31)41(30-16-8-13-29(30)37(39)46)34(43)22-40-35(44)27-11-4-5-12-28(27)36(40)45/h1-7,9-12,14-15,17-20,29-30H,8,13,16,21-23H2,(H,38,42). The van der Waals surface area contributed by atoms with Crippen LogP contribution in [0.2, 0.25) is 0 Å². The Labute approximate surface area is 271 Å². The lowest BCUT2D eigenvalue weighted by Crippen LogP contribution is -2.49. The van der Waals surface area contributed by atoms with E-state index in [1.165, 1.54) is 0 Å². The van der Waals surface area contributed by atoms with Crippen LogP contribution in [0.25, 0.3) is 0 Å². The van der Waals surface area contributed by atoms with Crippen molar-refractivity contribution in [2.75, 3.05) is 28.3 Å². The van der Waals surface area contributed by atoms with Gasteiger partial charge in [-0.1, -0.05) is 61.0 Å². The molecule has 2 unspecified atom stereocenters. The number of rotatable bonds is 8. The SMILES string of the molecule is O=C(COc1ccccc1)Nc1ccc(CN2C(=O)C3CCCC3N(C(=O)CN3C(=O)c4ccccc4C3=O)c3ccccc32)cc1. The Bertz CT molecular complexity index is 1840. The minimum absolute atomic E-state index is 0.0774. The normalized spacial score (nSPS) is 18.4. The number of carbonyl (C=O) groups is 5. The van der Waals surface area contributed by atoms with Gasteiger partial charge in [0.2, 0.25) is 11.8 Å². The minimum Gasteiger partial charge on any atom is -0.484 e. The second-order valence-electron chi connectivity index (χ2n) is 11.9. The molecule has 1 N–H and O–H groups in total. The third kappa shape index (κ3) is 5.74. The number of carbonyl (C=O) groups excluding carboxylic acids is 5. The van der Waals surface area contributed by atoms with Crippen molar-refractivity contribution in [1.29, 1.82) is 0 Å². The molecule has 0 spiro atoms. The second-order valence-corrected chi connectivity index (χ2v) is 11.9. The summed E-state index contributed by atoms with van der Waals surface area (Å²) in [4.78, 5) is 71.2. The molecule has 236 valence electrons. The average Bonchev–Trinajstić information content (AvgIpc) is 3.64. The third-order valence-corrected chi connectivity index (χ3v) is 8.96. The van der Waals surface area contributed by atoms with Gasteiger partial charge in [0.15, 0.2) is 6.61 Å². The van der Waals surface area contributed by atoms with Gasteiger partial charge in [0, 0.05) is 11.7 Å². The number of amides is 5. The van der Waals surface area contributed by atoms with E-state index in [0.29, 0.717) is 35.7 Å². The van der Waals surface area contributed by atoms with E-state index < -0.39 is 36.2 Å². The molecule has 1 aliphatic carbocycles. The maximum Gasteiger partial charge on any atom is 0.262 e. The summed E-state index contributed by atoms with van der Waals surface area (Å²) < 4.78 is 5.52. The molecule has 47 heavy (non-hydrogen) atoms. The van der Waals surface area contributed by atoms with Crippen molar-refractivity contribution in [3.05, 3.63) is 120 Å². The highest BCUT2D eigenvalue weighted by Crippen LogP contribution is 2.43. The molecule has 2 atom stereocenters. The molecule has 3 aliphatic rings. The van der Waals surface area contributed by atoms with Gasteiger partial charge in [-0.05, 0) is 66.9 Å². The molecule has 10 heteroatoms. The molecule has 5 amide bonds. The summed E-state index contributed by atoms with van der Waals surface area (Å²) in [7, 11) is 0. The molecule has 2 aliphatic heterocycles. The molecule has 4 aromatic rings. The summed E-state index contributed by atoms with van der Waals surface area (Å²) in [5.41, 5.74) is 3.16. The fourth-order valence-electron chi connectivity index (χ4n) is 6.75. The van der Waals surface area contributed by atoms with Crippen LogP contribution in [0.5, 0.6) is 5.75 Å². The number of fused-ring (bicyclic) bond motifs is 3. The van der Waals surface area contributed by atoms with E-state index >= 15 is 0 Å². The molecule has 0 bridgehead atoms. The number of benzene rings is 4. The Morgan fingerprint density at radius 1 is 0.723 bits per heavy atom. The highest BCUT2D eigenvalue weighted by molar-refractivity contribution is 6.23. The fraction of sp³-hybridized carbons (Fsp3) is 0.216. The van der Waals surface area contributed by atoms with Crippen molar-refractivity contribution >= 4 is 46.6 Å². The van der Waals surface area contributed by atoms with Crippen LogP contribution >= 0.6 is 0 Å². The van der Waals surface area contributed by atoms with Crippen molar-refractivity contribution in [3.8, 4) is 5.75 Å². The van der Waals surface area contributed by atoms with Crippen LogP contribution in [0.1, 0.15) is 45.5 Å². The number of hydrogen-bond acceptors (Lipinski definition) is 6. The van der Waals surface area contributed by atoms with E-state index in [9.17, 15) is 24.0 Å². The molecular weight excluding hydrogens is 596 g/mol. The van der Waals surface area contributed by atoms with Gasteiger partial charge in [-0.3, -0.25) is 28.9 Å². The first-order valence-corrected chi connectivity index (χ1v) is 15.6. The smallest absolute Gasteiger partial charge is 0.262 e. The zero-order valence-corrected chi connectivity index (χ0v) is 25.5. The lowest BCUT2D eigenvalue weighted by atomic mass is 10.0. The number of hydrogen-bond donors (Lipinski definition) is 1. The van der Waals surface area contributed by atoms with Gasteiger partial charge in [0.05, 0.1) is 35.0 Å². The Morgan fingerprint density at radius 2 is 1.36 bits per heavy atom. The van der Waals surface area contributed by atoms with Crippen LogP contribution in [0.3, 0.4) is 0 Å². The fourth-order valence-corrected chi connectivity index (χ4v) is 6.75. The van der Waals surface area contributed by atoms with Gasteiger partial charge in [0.1, 0.15) is 12.3 Å². The van der Waals surface area contributed by atoms with E-state index in [-0.39, 0.29) is 36.1 Å². The predicted molar refractivity (Wildman–Crippen MR) is 175 cm³/mol. The third-order valence-electron chi connectivity index (χ3n) is 8.96. The molecule has 4 aromatic carbocycles. The largest absolute Gasteiger partial charge is 0.484 e. The first kappa shape index (κ1) is 29.9. The van der Waals surface area contributed by atoms with Crippen LogP contribution in [0.4, 0.5) is 17.1 Å². The molecule has 1 saturated carbocycles. The number of nitrogens with zero attached hydrogens (tertiary/aromatic N) is 3. The highest BCUT2D eigenvalue weighted by Gasteiger charge is 2.47. The monoisotopic (exact) mass is 628 g/mol. The number of anilines is 3. The van der Waals surface area contributed by atoms with E-state index in [2.05, 4.69) is 5.32 Å². The highest BCUT2D eigenvalue weighted by atomic mass is 16.5. The quantitative estimate of drug-likeness (QED) is 0.273. The lowest BCUT2D eigenvalue weighted by molar-refractivity contribution is -0.123. The molecular formula is C37H32N4O6. The predicted octanol–water partition coefficient (Wildman–Crippen LogP) is 5.05. The Morgan fingerprint density at radius 3 is 2.06 bits per heavy atom. The summed E-state index contributed by atoms with van der Waals surface area (Å²) in [5.74, 6) is -1.60. The number of nitrogens with one attached hydrogen (secondary N) is 1. The zero-order chi connectivity index (χ0) is 32.5. The summed E-state index contributed by atoms with van der Waals surface area (Å²) in [5, 5.41) is 2.83. The summed E-state index contributed by atoms with van der Waals surface area (Å²) in [6.07, 6.45) is 2.03. The summed E-state index contributed by atoms with van der Waals surface area (Å²) in [6, 6.07) is 29.8. The van der Waals surface area contributed by atoms with E-state index in [4.69, 9.17) is 4.74 Å². The van der Waals surface area contributed by atoms with Crippen LogP contribution in [0.15, 0.2) is 103 Å². The first-order chi connectivity index (χ1) is 22.9. The van der Waals surface area contributed by atoms with Gasteiger partial charge < -0.3 is 19.9 Å². The van der Waals surface area contributed by atoms with Crippen LogP contribution in [-0.2, 0) is 20.9 Å². The van der Waals surface area contributed by atoms with Gasteiger partial charge in [-0.15, -0.1) is 0 Å². The van der Waals surface area contributed by atoms with Gasteiger partial charge in [-0.2, -0.15) is 0 Å². The second kappa shape index (κ2) is 12.6. The molecule has 2 heterocycles. The van der Waals surface area contributed by atoms with Crippen molar-refractivity contribution in [1.82, 2.24) is 4.90 Å². The van der Waals surface area contributed by atoms with E-state index in [1.807, 2.05) is 54.6 Å². The molecule has 1 fully saturated rings. The minimum atomic E-state index is -0.494. The summed E-state index contributed by atoms with van der Waals surface area (Å²) >= 11 is 0. The van der Waals surface area contributed by atoms with Gasteiger partial charge in [0.25, 0.3) is 17.7 Å². The van der Waals surface area contributed by atoms with Crippen molar-refractivity contribution < 1.29 is 28.7 Å².